The number of hydrogen-bond donors (Lipinski definition) is 2. The van der Waals surface area contributed by atoms with E-state index in [2.05, 4.69) is 39.9 Å². The van der Waals surface area contributed by atoms with Crippen LogP contribution in [0.2, 0.25) is 0 Å². The van der Waals surface area contributed by atoms with E-state index in [9.17, 15) is 0 Å². The summed E-state index contributed by atoms with van der Waals surface area (Å²) in [5, 5.41) is 3.79. The molecule has 0 saturated heterocycles. The Morgan fingerprint density at radius 3 is 2.18 bits per heavy atom. The van der Waals surface area contributed by atoms with Crippen LogP contribution in [0.1, 0.15) is 60.3 Å². The number of nitrogens with two attached hydrogens (primary N) is 1. The third kappa shape index (κ3) is 3.96. The predicted octanol–water partition coefficient (Wildman–Crippen LogP) is 3.17. The standard InChI is InChI=1S/C15H32N2/c1-14(2,3)15(4,5)11-17-13-9-7-6-8-12(13)10-16/h12-13,17H,6-11,16H2,1-5H3. The molecular weight excluding hydrogens is 208 g/mol. The minimum atomic E-state index is 0.323. The summed E-state index contributed by atoms with van der Waals surface area (Å²) < 4.78 is 0. The van der Waals surface area contributed by atoms with Crippen molar-refractivity contribution >= 4 is 0 Å². The lowest BCUT2D eigenvalue weighted by molar-refractivity contribution is 0.114. The summed E-state index contributed by atoms with van der Waals surface area (Å²) in [6.07, 6.45) is 5.35. The average Bonchev–Trinajstić information content (AvgIpc) is 2.25. The molecule has 0 bridgehead atoms. The Hall–Kier alpha value is -0.0800. The maximum atomic E-state index is 5.88. The predicted molar refractivity (Wildman–Crippen MR) is 76.0 cm³/mol. The van der Waals surface area contributed by atoms with Crippen LogP contribution in [0.5, 0.6) is 0 Å². The molecule has 2 unspecified atom stereocenters. The normalized spacial score (nSPS) is 27.2. The molecule has 2 heteroatoms. The highest BCUT2D eigenvalue weighted by Crippen LogP contribution is 2.37. The Kier molecular flexibility index (Phi) is 5.03. The smallest absolute Gasteiger partial charge is 0.0108 e. The topological polar surface area (TPSA) is 38.0 Å². The zero-order chi connectivity index (χ0) is 13.1. The summed E-state index contributed by atoms with van der Waals surface area (Å²) in [4.78, 5) is 0. The Morgan fingerprint density at radius 1 is 1.06 bits per heavy atom. The van der Waals surface area contributed by atoms with E-state index in [1.54, 1.807) is 0 Å². The summed E-state index contributed by atoms with van der Waals surface area (Å²) in [6.45, 7) is 13.6. The highest BCUT2D eigenvalue weighted by Gasteiger charge is 2.34. The van der Waals surface area contributed by atoms with Gasteiger partial charge in [-0.15, -0.1) is 0 Å². The molecule has 0 radical (unpaired) electrons. The summed E-state index contributed by atoms with van der Waals surface area (Å²) in [5.41, 5.74) is 6.54. The first-order valence-electron chi connectivity index (χ1n) is 7.21. The van der Waals surface area contributed by atoms with Crippen LogP contribution in [0.15, 0.2) is 0 Å². The zero-order valence-electron chi connectivity index (χ0n) is 12.5. The maximum absolute atomic E-state index is 5.88. The third-order valence-corrected chi connectivity index (χ3v) is 5.05. The lowest BCUT2D eigenvalue weighted by Crippen LogP contribution is -2.48. The molecule has 1 fully saturated rings. The van der Waals surface area contributed by atoms with Gasteiger partial charge in [-0.2, -0.15) is 0 Å². The van der Waals surface area contributed by atoms with E-state index in [-0.39, 0.29) is 0 Å². The Balaban J connectivity index is 2.49. The largest absolute Gasteiger partial charge is 0.330 e. The molecule has 2 nitrogen and oxygen atoms in total. The van der Waals surface area contributed by atoms with Gasteiger partial charge in [0.15, 0.2) is 0 Å². The lowest BCUT2D eigenvalue weighted by atomic mass is 9.69. The molecule has 0 aromatic heterocycles. The van der Waals surface area contributed by atoms with Gasteiger partial charge in [0, 0.05) is 12.6 Å². The molecule has 1 aliphatic rings. The van der Waals surface area contributed by atoms with Gasteiger partial charge in [0.1, 0.15) is 0 Å². The molecule has 0 spiro atoms. The van der Waals surface area contributed by atoms with Crippen molar-refractivity contribution in [2.24, 2.45) is 22.5 Å². The zero-order valence-corrected chi connectivity index (χ0v) is 12.5. The van der Waals surface area contributed by atoms with Crippen molar-refractivity contribution in [3.63, 3.8) is 0 Å². The van der Waals surface area contributed by atoms with Gasteiger partial charge < -0.3 is 11.1 Å². The summed E-state index contributed by atoms with van der Waals surface area (Å²) in [6, 6.07) is 0.648. The molecule has 17 heavy (non-hydrogen) atoms. The minimum Gasteiger partial charge on any atom is -0.330 e. The van der Waals surface area contributed by atoms with E-state index >= 15 is 0 Å². The van der Waals surface area contributed by atoms with Crippen LogP contribution in [0, 0.1) is 16.7 Å². The second kappa shape index (κ2) is 5.71. The quantitative estimate of drug-likeness (QED) is 0.792. The molecule has 102 valence electrons. The summed E-state index contributed by atoms with van der Waals surface area (Å²) in [7, 11) is 0. The number of rotatable bonds is 4. The van der Waals surface area contributed by atoms with Crippen molar-refractivity contribution in [3.8, 4) is 0 Å². The van der Waals surface area contributed by atoms with Gasteiger partial charge in [-0.05, 0) is 36.1 Å². The van der Waals surface area contributed by atoms with E-state index in [1.807, 2.05) is 0 Å². The molecule has 2 atom stereocenters. The summed E-state index contributed by atoms with van der Waals surface area (Å²) >= 11 is 0. The molecule has 1 aliphatic carbocycles. The molecule has 0 aliphatic heterocycles. The lowest BCUT2D eigenvalue weighted by Gasteiger charge is -2.41. The number of nitrogens with one attached hydrogen (secondary N) is 1. The van der Waals surface area contributed by atoms with E-state index in [0.717, 1.165) is 13.1 Å². The van der Waals surface area contributed by atoms with Gasteiger partial charge in [0.05, 0.1) is 0 Å². The van der Waals surface area contributed by atoms with Crippen LogP contribution in [-0.4, -0.2) is 19.1 Å². The molecule has 0 heterocycles. The van der Waals surface area contributed by atoms with Crippen molar-refractivity contribution < 1.29 is 0 Å². The van der Waals surface area contributed by atoms with Crippen LogP contribution >= 0.6 is 0 Å². The molecule has 0 aromatic carbocycles. The van der Waals surface area contributed by atoms with Gasteiger partial charge in [-0.3, -0.25) is 0 Å². The first kappa shape index (κ1) is 15.0. The second-order valence-corrected chi connectivity index (χ2v) is 7.40. The fourth-order valence-electron chi connectivity index (χ4n) is 2.41. The fourth-order valence-corrected chi connectivity index (χ4v) is 2.41. The van der Waals surface area contributed by atoms with Crippen LogP contribution in [0.25, 0.3) is 0 Å². The van der Waals surface area contributed by atoms with Crippen molar-refractivity contribution in [3.05, 3.63) is 0 Å². The third-order valence-electron chi connectivity index (χ3n) is 5.05. The van der Waals surface area contributed by atoms with E-state index in [4.69, 9.17) is 5.73 Å². The van der Waals surface area contributed by atoms with Crippen molar-refractivity contribution in [1.29, 1.82) is 0 Å². The van der Waals surface area contributed by atoms with Crippen LogP contribution < -0.4 is 11.1 Å². The highest BCUT2D eigenvalue weighted by atomic mass is 14.9. The molecule has 0 aromatic rings. The molecule has 0 amide bonds. The fraction of sp³-hybridized carbons (Fsp3) is 1.00. The van der Waals surface area contributed by atoms with Crippen LogP contribution in [0.4, 0.5) is 0 Å². The van der Waals surface area contributed by atoms with Gasteiger partial charge in [-0.25, -0.2) is 0 Å². The molecule has 3 N–H and O–H groups in total. The molecular formula is C15H32N2. The van der Waals surface area contributed by atoms with Crippen LogP contribution in [0.3, 0.4) is 0 Å². The average molecular weight is 240 g/mol. The first-order chi connectivity index (χ1) is 7.78. The van der Waals surface area contributed by atoms with Gasteiger partial charge >= 0.3 is 0 Å². The molecule has 1 rings (SSSR count). The first-order valence-corrected chi connectivity index (χ1v) is 7.21. The summed E-state index contributed by atoms with van der Waals surface area (Å²) in [5.74, 6) is 0.694. The van der Waals surface area contributed by atoms with E-state index < -0.39 is 0 Å². The van der Waals surface area contributed by atoms with Gasteiger partial charge in [0.25, 0.3) is 0 Å². The maximum Gasteiger partial charge on any atom is 0.0108 e. The van der Waals surface area contributed by atoms with Crippen molar-refractivity contribution in [1.82, 2.24) is 5.32 Å². The molecule has 1 saturated carbocycles. The van der Waals surface area contributed by atoms with Gasteiger partial charge in [-0.1, -0.05) is 47.5 Å². The highest BCUT2D eigenvalue weighted by molar-refractivity contribution is 4.88. The SMILES string of the molecule is CC(C)(C)C(C)(C)CNC1CCCCC1CN. The minimum absolute atomic E-state index is 0.323. The van der Waals surface area contributed by atoms with Crippen LogP contribution in [-0.2, 0) is 0 Å². The second-order valence-electron chi connectivity index (χ2n) is 7.40. The van der Waals surface area contributed by atoms with Crippen molar-refractivity contribution in [2.75, 3.05) is 13.1 Å². The van der Waals surface area contributed by atoms with Crippen molar-refractivity contribution in [2.45, 2.75) is 66.3 Å². The Labute approximate surface area is 108 Å². The van der Waals surface area contributed by atoms with E-state index in [1.165, 1.54) is 25.7 Å². The Morgan fingerprint density at radius 2 is 1.65 bits per heavy atom. The van der Waals surface area contributed by atoms with E-state index in [0.29, 0.717) is 22.8 Å². The number of hydrogen-bond acceptors (Lipinski definition) is 2. The monoisotopic (exact) mass is 240 g/mol. The van der Waals surface area contributed by atoms with Gasteiger partial charge in [0.2, 0.25) is 0 Å². The Bertz CT molecular complexity index is 228.